The summed E-state index contributed by atoms with van der Waals surface area (Å²) in [6.07, 6.45) is 0.257. The topological polar surface area (TPSA) is 64.0 Å². The first-order chi connectivity index (χ1) is 14.4. The number of benzene rings is 2. The first kappa shape index (κ1) is 20.1. The summed E-state index contributed by atoms with van der Waals surface area (Å²) in [6, 6.07) is 16.8. The number of nitrogens with zero attached hydrogens (tertiary/aromatic N) is 2. The minimum atomic E-state index is -0.558. The SMILES string of the molecule is Cc1cccc(C(=O)N[C@@H]2C(=O)Cc3c(c(C)nn3-c3ccccc3)[C@@H]2C(C)C)c1. The van der Waals surface area contributed by atoms with Gasteiger partial charge in [0.05, 0.1) is 29.5 Å². The molecule has 0 radical (unpaired) electrons. The van der Waals surface area contributed by atoms with Gasteiger partial charge in [0.2, 0.25) is 0 Å². The van der Waals surface area contributed by atoms with E-state index in [1.807, 2.05) is 67.1 Å². The molecule has 0 unspecified atom stereocenters. The highest BCUT2D eigenvalue weighted by molar-refractivity contribution is 5.99. The highest BCUT2D eigenvalue weighted by atomic mass is 16.2. The van der Waals surface area contributed by atoms with Gasteiger partial charge in [-0.15, -0.1) is 0 Å². The summed E-state index contributed by atoms with van der Waals surface area (Å²) in [5, 5.41) is 7.80. The molecule has 0 aliphatic heterocycles. The number of nitrogens with one attached hydrogen (secondary N) is 1. The summed E-state index contributed by atoms with van der Waals surface area (Å²) in [6.45, 7) is 8.13. The van der Waals surface area contributed by atoms with Crippen LogP contribution in [0.1, 0.15) is 52.6 Å². The van der Waals surface area contributed by atoms with E-state index in [2.05, 4.69) is 19.2 Å². The molecule has 4 rings (SSSR count). The van der Waals surface area contributed by atoms with Crippen molar-refractivity contribution in [3.05, 3.63) is 82.7 Å². The van der Waals surface area contributed by atoms with Crippen molar-refractivity contribution in [2.75, 3.05) is 0 Å². The summed E-state index contributed by atoms with van der Waals surface area (Å²) in [5.74, 6) is -0.131. The number of amides is 1. The van der Waals surface area contributed by atoms with Gasteiger partial charge in [-0.3, -0.25) is 9.59 Å². The Morgan fingerprint density at radius 1 is 1.10 bits per heavy atom. The number of ketones is 1. The Labute approximate surface area is 177 Å². The van der Waals surface area contributed by atoms with Gasteiger partial charge < -0.3 is 5.32 Å². The maximum absolute atomic E-state index is 13.2. The molecule has 0 saturated heterocycles. The van der Waals surface area contributed by atoms with Crippen molar-refractivity contribution < 1.29 is 9.59 Å². The van der Waals surface area contributed by atoms with Gasteiger partial charge in [-0.2, -0.15) is 5.10 Å². The minimum Gasteiger partial charge on any atom is -0.342 e. The lowest BCUT2D eigenvalue weighted by Crippen LogP contribution is -2.49. The Hall–Kier alpha value is -3.21. The molecule has 0 bridgehead atoms. The lowest BCUT2D eigenvalue weighted by atomic mass is 9.74. The van der Waals surface area contributed by atoms with Crippen LogP contribution in [0.25, 0.3) is 5.69 Å². The maximum atomic E-state index is 13.2. The summed E-state index contributed by atoms with van der Waals surface area (Å²) in [7, 11) is 0. The molecular weight excluding hydrogens is 374 g/mol. The summed E-state index contributed by atoms with van der Waals surface area (Å²) in [4.78, 5) is 26.2. The third-order valence-corrected chi connectivity index (χ3v) is 5.87. The van der Waals surface area contributed by atoms with E-state index in [-0.39, 0.29) is 29.9 Å². The van der Waals surface area contributed by atoms with E-state index in [0.717, 1.165) is 28.2 Å². The van der Waals surface area contributed by atoms with Crippen LogP contribution in [-0.4, -0.2) is 27.5 Å². The lowest BCUT2D eigenvalue weighted by Gasteiger charge is -2.34. The number of Topliss-reactive ketones (excluding diaryl/α,β-unsaturated/α-hetero) is 1. The highest BCUT2D eigenvalue weighted by Gasteiger charge is 2.42. The van der Waals surface area contributed by atoms with Gasteiger partial charge in [0.25, 0.3) is 5.91 Å². The van der Waals surface area contributed by atoms with Crippen molar-refractivity contribution >= 4 is 11.7 Å². The lowest BCUT2D eigenvalue weighted by molar-refractivity contribution is -0.121. The van der Waals surface area contributed by atoms with Crippen LogP contribution in [0.5, 0.6) is 0 Å². The van der Waals surface area contributed by atoms with E-state index < -0.39 is 6.04 Å². The molecule has 0 fully saturated rings. The van der Waals surface area contributed by atoms with E-state index in [1.54, 1.807) is 6.07 Å². The number of aromatic nitrogens is 2. The van der Waals surface area contributed by atoms with Crippen LogP contribution in [0.15, 0.2) is 54.6 Å². The van der Waals surface area contributed by atoms with Gasteiger partial charge in [-0.1, -0.05) is 49.7 Å². The zero-order valence-corrected chi connectivity index (χ0v) is 17.8. The van der Waals surface area contributed by atoms with Gasteiger partial charge >= 0.3 is 0 Å². The number of hydrogen-bond acceptors (Lipinski definition) is 3. The molecule has 154 valence electrons. The van der Waals surface area contributed by atoms with Crippen molar-refractivity contribution in [2.24, 2.45) is 5.92 Å². The Kier molecular flexibility index (Phi) is 5.29. The van der Waals surface area contributed by atoms with Crippen molar-refractivity contribution in [3.63, 3.8) is 0 Å². The zero-order valence-electron chi connectivity index (χ0n) is 17.8. The fraction of sp³-hybridized carbons (Fsp3) is 0.320. The second-order valence-electron chi connectivity index (χ2n) is 8.43. The Bertz CT molecular complexity index is 1100. The first-order valence-corrected chi connectivity index (χ1v) is 10.4. The fourth-order valence-corrected chi connectivity index (χ4v) is 4.51. The molecule has 1 aliphatic rings. The molecule has 1 amide bonds. The van der Waals surface area contributed by atoms with E-state index in [0.29, 0.717) is 5.56 Å². The molecule has 3 aromatic rings. The smallest absolute Gasteiger partial charge is 0.251 e. The van der Waals surface area contributed by atoms with Crippen molar-refractivity contribution in [1.29, 1.82) is 0 Å². The maximum Gasteiger partial charge on any atom is 0.251 e. The van der Waals surface area contributed by atoms with Crippen molar-refractivity contribution in [2.45, 2.75) is 46.1 Å². The molecule has 0 spiro atoms. The molecule has 1 aliphatic carbocycles. The molecule has 2 atom stereocenters. The standard InChI is InChI=1S/C25H27N3O2/c1-15(2)22-23-17(4)27-28(19-11-6-5-7-12-19)20(23)14-21(29)24(22)26-25(30)18-10-8-9-16(3)13-18/h5-13,15,22,24H,14H2,1-4H3,(H,26,30)/t22-,24+/m0/s1. The molecular formula is C25H27N3O2. The summed E-state index contributed by atoms with van der Waals surface area (Å²) >= 11 is 0. The van der Waals surface area contributed by atoms with Crippen LogP contribution in [0.2, 0.25) is 0 Å². The number of fused-ring (bicyclic) bond motifs is 1. The molecule has 5 heteroatoms. The minimum absolute atomic E-state index is 0.0271. The van der Waals surface area contributed by atoms with Gasteiger partial charge in [-0.05, 0) is 44.0 Å². The number of aryl methyl sites for hydroxylation is 2. The van der Waals surface area contributed by atoms with Crippen molar-refractivity contribution in [3.8, 4) is 5.69 Å². The summed E-state index contributed by atoms with van der Waals surface area (Å²) in [5.41, 5.74) is 5.47. The number of carbonyl (C=O) groups is 2. The van der Waals surface area contributed by atoms with Crippen LogP contribution in [0.4, 0.5) is 0 Å². The number of hydrogen-bond donors (Lipinski definition) is 1. The van der Waals surface area contributed by atoms with E-state index in [9.17, 15) is 9.59 Å². The predicted octanol–water partition coefficient (Wildman–Crippen LogP) is 4.15. The second kappa shape index (κ2) is 7.90. The molecule has 0 saturated carbocycles. The highest BCUT2D eigenvalue weighted by Crippen LogP contribution is 2.38. The first-order valence-electron chi connectivity index (χ1n) is 10.4. The van der Waals surface area contributed by atoms with Crippen LogP contribution >= 0.6 is 0 Å². The Morgan fingerprint density at radius 2 is 1.83 bits per heavy atom. The quantitative estimate of drug-likeness (QED) is 0.714. The van der Waals surface area contributed by atoms with Crippen LogP contribution in [0.3, 0.4) is 0 Å². The van der Waals surface area contributed by atoms with E-state index >= 15 is 0 Å². The normalized spacial score (nSPS) is 18.4. The summed E-state index contributed by atoms with van der Waals surface area (Å²) < 4.78 is 1.89. The van der Waals surface area contributed by atoms with Gasteiger partial charge in [0, 0.05) is 17.0 Å². The van der Waals surface area contributed by atoms with Crippen LogP contribution in [0, 0.1) is 19.8 Å². The van der Waals surface area contributed by atoms with E-state index in [1.165, 1.54) is 0 Å². The molecule has 30 heavy (non-hydrogen) atoms. The number of rotatable bonds is 4. The van der Waals surface area contributed by atoms with Crippen LogP contribution < -0.4 is 5.32 Å². The van der Waals surface area contributed by atoms with E-state index in [4.69, 9.17) is 5.10 Å². The molecule has 1 aromatic heterocycles. The molecule has 5 nitrogen and oxygen atoms in total. The van der Waals surface area contributed by atoms with Gasteiger partial charge in [0.15, 0.2) is 5.78 Å². The third-order valence-electron chi connectivity index (χ3n) is 5.87. The van der Waals surface area contributed by atoms with Crippen LogP contribution in [-0.2, 0) is 11.2 Å². The largest absolute Gasteiger partial charge is 0.342 e. The number of para-hydroxylation sites is 1. The van der Waals surface area contributed by atoms with Gasteiger partial charge in [-0.25, -0.2) is 4.68 Å². The zero-order chi connectivity index (χ0) is 21.4. The van der Waals surface area contributed by atoms with Gasteiger partial charge in [0.1, 0.15) is 0 Å². The predicted molar refractivity (Wildman–Crippen MR) is 117 cm³/mol. The third kappa shape index (κ3) is 3.56. The monoisotopic (exact) mass is 401 g/mol. The van der Waals surface area contributed by atoms with Crippen molar-refractivity contribution in [1.82, 2.24) is 15.1 Å². The Morgan fingerprint density at radius 3 is 2.50 bits per heavy atom. The average molecular weight is 402 g/mol. The fourth-order valence-electron chi connectivity index (χ4n) is 4.51. The molecule has 1 N–H and O–H groups in total. The Balaban J connectivity index is 1.73. The number of carbonyl (C=O) groups excluding carboxylic acids is 2. The molecule has 2 aromatic carbocycles. The molecule has 1 heterocycles. The second-order valence-corrected chi connectivity index (χ2v) is 8.43. The average Bonchev–Trinajstić information content (AvgIpc) is 3.04.